The maximum absolute atomic E-state index is 11.6. The van der Waals surface area contributed by atoms with E-state index in [1.54, 1.807) is 0 Å². The van der Waals surface area contributed by atoms with E-state index >= 15 is 0 Å². The Morgan fingerprint density at radius 2 is 2.29 bits per heavy atom. The number of aryl methyl sites for hydroxylation is 1. The van der Waals surface area contributed by atoms with Crippen LogP contribution < -0.4 is 11.1 Å². The zero-order valence-electron chi connectivity index (χ0n) is 10.0. The third-order valence-corrected chi connectivity index (χ3v) is 2.64. The van der Waals surface area contributed by atoms with Crippen molar-refractivity contribution in [3.8, 4) is 0 Å². The number of imidazole rings is 1. The molecule has 5 heteroatoms. The van der Waals surface area contributed by atoms with E-state index in [-0.39, 0.29) is 5.91 Å². The molecule has 0 aliphatic heterocycles. The molecule has 0 saturated carbocycles. The molecule has 2 aromatic rings. The van der Waals surface area contributed by atoms with Crippen LogP contribution in [0.5, 0.6) is 0 Å². The summed E-state index contributed by atoms with van der Waals surface area (Å²) in [5, 5.41) is 2.77. The largest absolute Gasteiger partial charge is 0.399 e. The zero-order valence-corrected chi connectivity index (χ0v) is 10.0. The van der Waals surface area contributed by atoms with Crippen molar-refractivity contribution in [3.05, 3.63) is 24.0 Å². The first-order valence-corrected chi connectivity index (χ1v) is 5.61. The van der Waals surface area contributed by atoms with Gasteiger partial charge in [0.25, 0.3) is 0 Å². The highest BCUT2D eigenvalue weighted by Gasteiger charge is 2.10. The first kappa shape index (κ1) is 11.4. The number of likely N-dealkylation sites (N-methyl/N-ethyl adjacent to an activating group) is 1. The SMILES string of the molecule is CCNC(=O)Cn1c(C)nc2cc(N)ccc21. The zero-order chi connectivity index (χ0) is 12.4. The lowest BCUT2D eigenvalue weighted by Gasteiger charge is -2.06. The van der Waals surface area contributed by atoms with Gasteiger partial charge in [-0.15, -0.1) is 0 Å². The van der Waals surface area contributed by atoms with Crippen LogP contribution in [0.25, 0.3) is 11.0 Å². The summed E-state index contributed by atoms with van der Waals surface area (Å²) in [6.45, 7) is 4.71. The highest BCUT2D eigenvalue weighted by atomic mass is 16.1. The van der Waals surface area contributed by atoms with Gasteiger partial charge in [-0.25, -0.2) is 4.98 Å². The van der Waals surface area contributed by atoms with Gasteiger partial charge in [-0.05, 0) is 32.0 Å². The monoisotopic (exact) mass is 232 g/mol. The van der Waals surface area contributed by atoms with Crippen LogP contribution in [0.15, 0.2) is 18.2 Å². The molecule has 0 radical (unpaired) electrons. The number of amides is 1. The number of rotatable bonds is 3. The fourth-order valence-corrected chi connectivity index (χ4v) is 1.86. The maximum atomic E-state index is 11.6. The van der Waals surface area contributed by atoms with Crippen LogP contribution >= 0.6 is 0 Å². The highest BCUT2D eigenvalue weighted by molar-refractivity contribution is 5.82. The molecule has 0 aliphatic rings. The summed E-state index contributed by atoms with van der Waals surface area (Å²) in [5.74, 6) is 0.809. The second kappa shape index (κ2) is 4.45. The average molecular weight is 232 g/mol. The lowest BCUT2D eigenvalue weighted by atomic mass is 10.3. The topological polar surface area (TPSA) is 72.9 Å². The molecule has 0 unspecified atom stereocenters. The average Bonchev–Trinajstić information content (AvgIpc) is 2.55. The molecule has 0 aliphatic carbocycles. The van der Waals surface area contributed by atoms with Gasteiger partial charge in [0.05, 0.1) is 11.0 Å². The van der Waals surface area contributed by atoms with Crippen LogP contribution in [-0.2, 0) is 11.3 Å². The first-order chi connectivity index (χ1) is 8.11. The van der Waals surface area contributed by atoms with E-state index in [9.17, 15) is 4.79 Å². The summed E-state index contributed by atoms with van der Waals surface area (Å²) in [6.07, 6.45) is 0. The van der Waals surface area contributed by atoms with Crippen molar-refractivity contribution in [1.82, 2.24) is 14.9 Å². The molecule has 1 aromatic heterocycles. The fourth-order valence-electron chi connectivity index (χ4n) is 1.86. The Morgan fingerprint density at radius 1 is 1.53 bits per heavy atom. The van der Waals surface area contributed by atoms with Crippen LogP contribution in [0.1, 0.15) is 12.7 Å². The van der Waals surface area contributed by atoms with Crippen molar-refractivity contribution in [2.45, 2.75) is 20.4 Å². The number of aromatic nitrogens is 2. The Labute approximate surface area is 99.6 Å². The molecule has 0 fully saturated rings. The van der Waals surface area contributed by atoms with Gasteiger partial charge in [0.15, 0.2) is 0 Å². The van der Waals surface area contributed by atoms with Crippen molar-refractivity contribution < 1.29 is 4.79 Å². The molecular weight excluding hydrogens is 216 g/mol. The molecule has 3 N–H and O–H groups in total. The molecular formula is C12H16N4O. The minimum Gasteiger partial charge on any atom is -0.399 e. The van der Waals surface area contributed by atoms with Gasteiger partial charge >= 0.3 is 0 Å². The van der Waals surface area contributed by atoms with Gasteiger partial charge in [0.2, 0.25) is 5.91 Å². The van der Waals surface area contributed by atoms with Crippen molar-refractivity contribution in [2.24, 2.45) is 0 Å². The summed E-state index contributed by atoms with van der Waals surface area (Å²) < 4.78 is 1.89. The minimum absolute atomic E-state index is 0.00766. The van der Waals surface area contributed by atoms with Crippen LogP contribution in [0.3, 0.4) is 0 Å². The predicted molar refractivity (Wildman–Crippen MR) is 67.6 cm³/mol. The number of nitrogens with zero attached hydrogens (tertiary/aromatic N) is 2. The van der Waals surface area contributed by atoms with Crippen molar-refractivity contribution in [3.63, 3.8) is 0 Å². The Bertz CT molecular complexity index is 559. The minimum atomic E-state index is -0.00766. The number of nitrogen functional groups attached to an aromatic ring is 1. The van der Waals surface area contributed by atoms with Gasteiger partial charge in [0.1, 0.15) is 12.4 Å². The molecule has 0 saturated heterocycles. The third kappa shape index (κ3) is 2.22. The number of hydrogen-bond donors (Lipinski definition) is 2. The first-order valence-electron chi connectivity index (χ1n) is 5.61. The normalized spacial score (nSPS) is 10.7. The van der Waals surface area contributed by atoms with E-state index in [2.05, 4.69) is 10.3 Å². The molecule has 5 nitrogen and oxygen atoms in total. The number of carbonyl (C=O) groups excluding carboxylic acids is 1. The smallest absolute Gasteiger partial charge is 0.239 e. The van der Waals surface area contributed by atoms with Crippen LogP contribution in [0, 0.1) is 6.92 Å². The number of fused-ring (bicyclic) bond motifs is 1. The number of anilines is 1. The lowest BCUT2D eigenvalue weighted by molar-refractivity contribution is -0.121. The van der Waals surface area contributed by atoms with Crippen LogP contribution in [-0.4, -0.2) is 22.0 Å². The number of nitrogens with two attached hydrogens (primary N) is 1. The molecule has 0 bridgehead atoms. The quantitative estimate of drug-likeness (QED) is 0.777. The molecule has 2 rings (SSSR count). The summed E-state index contributed by atoms with van der Waals surface area (Å²) in [6, 6.07) is 5.53. The number of carbonyl (C=O) groups is 1. The number of nitrogens with one attached hydrogen (secondary N) is 1. The molecule has 1 aromatic carbocycles. The standard InChI is InChI=1S/C12H16N4O/c1-3-14-12(17)7-16-8(2)15-10-6-9(13)4-5-11(10)16/h4-6H,3,7,13H2,1-2H3,(H,14,17). The van der Waals surface area contributed by atoms with E-state index in [0.29, 0.717) is 18.8 Å². The lowest BCUT2D eigenvalue weighted by Crippen LogP contribution is -2.27. The summed E-state index contributed by atoms with van der Waals surface area (Å²) >= 11 is 0. The van der Waals surface area contributed by atoms with Gasteiger partial charge in [-0.3, -0.25) is 4.79 Å². The van der Waals surface area contributed by atoms with Gasteiger partial charge < -0.3 is 15.6 Å². The fraction of sp³-hybridized carbons (Fsp3) is 0.333. The second-order valence-corrected chi connectivity index (χ2v) is 3.95. The van der Waals surface area contributed by atoms with E-state index in [1.807, 2.05) is 36.6 Å². The molecule has 1 amide bonds. The second-order valence-electron chi connectivity index (χ2n) is 3.95. The Balaban J connectivity index is 2.39. The van der Waals surface area contributed by atoms with Crippen LogP contribution in [0.2, 0.25) is 0 Å². The molecule has 1 heterocycles. The highest BCUT2D eigenvalue weighted by Crippen LogP contribution is 2.18. The van der Waals surface area contributed by atoms with Crippen LogP contribution in [0.4, 0.5) is 5.69 Å². The van der Waals surface area contributed by atoms with Crippen molar-refractivity contribution in [2.75, 3.05) is 12.3 Å². The van der Waals surface area contributed by atoms with Gasteiger partial charge in [-0.1, -0.05) is 0 Å². The number of hydrogen-bond acceptors (Lipinski definition) is 3. The maximum Gasteiger partial charge on any atom is 0.239 e. The van der Waals surface area contributed by atoms with E-state index in [4.69, 9.17) is 5.73 Å². The Morgan fingerprint density at radius 3 is 3.00 bits per heavy atom. The van der Waals surface area contributed by atoms with Crippen molar-refractivity contribution >= 4 is 22.6 Å². The summed E-state index contributed by atoms with van der Waals surface area (Å²) in [4.78, 5) is 16.0. The molecule has 0 spiro atoms. The van der Waals surface area contributed by atoms with E-state index in [1.165, 1.54) is 0 Å². The Kier molecular flexibility index (Phi) is 2.99. The number of benzene rings is 1. The Hall–Kier alpha value is -2.04. The molecule has 0 atom stereocenters. The van der Waals surface area contributed by atoms with E-state index < -0.39 is 0 Å². The summed E-state index contributed by atoms with van der Waals surface area (Å²) in [5.41, 5.74) is 8.14. The van der Waals surface area contributed by atoms with Crippen molar-refractivity contribution in [1.29, 1.82) is 0 Å². The van der Waals surface area contributed by atoms with E-state index in [0.717, 1.165) is 16.9 Å². The van der Waals surface area contributed by atoms with Gasteiger partial charge in [-0.2, -0.15) is 0 Å². The molecule has 90 valence electrons. The third-order valence-electron chi connectivity index (χ3n) is 2.64. The predicted octanol–water partition coefficient (Wildman–Crippen LogP) is 1.06. The molecule has 17 heavy (non-hydrogen) atoms. The summed E-state index contributed by atoms with van der Waals surface area (Å²) in [7, 11) is 0. The van der Waals surface area contributed by atoms with Gasteiger partial charge in [0, 0.05) is 12.2 Å².